The summed E-state index contributed by atoms with van der Waals surface area (Å²) in [4.78, 5) is 9.46. The lowest BCUT2D eigenvalue weighted by atomic mass is 10.0. The molecule has 0 saturated carbocycles. The smallest absolute Gasteiger partial charge is 0.191 e. The molecule has 1 aromatic rings. The number of hydrogen-bond acceptors (Lipinski definition) is 5. The molecule has 1 aliphatic rings. The average Bonchev–Trinajstić information content (AvgIpc) is 3.08. The Hall–Kier alpha value is -1.57. The Morgan fingerprint density at radius 1 is 1.22 bits per heavy atom. The summed E-state index contributed by atoms with van der Waals surface area (Å²) >= 11 is 0. The molecule has 0 aromatic carbocycles. The number of aliphatic hydroxyl groups is 1. The second-order valence-electron chi connectivity index (χ2n) is 7.66. The first-order chi connectivity index (χ1) is 12.9. The van der Waals surface area contributed by atoms with Gasteiger partial charge in [0.2, 0.25) is 0 Å². The van der Waals surface area contributed by atoms with E-state index in [1.807, 2.05) is 26.0 Å². The van der Waals surface area contributed by atoms with Crippen molar-refractivity contribution in [2.24, 2.45) is 4.99 Å². The second kappa shape index (κ2) is 10.7. The van der Waals surface area contributed by atoms with E-state index >= 15 is 0 Å². The predicted octanol–water partition coefficient (Wildman–Crippen LogP) is 1.38. The van der Waals surface area contributed by atoms with E-state index in [0.29, 0.717) is 5.76 Å². The van der Waals surface area contributed by atoms with Crippen LogP contribution in [0.2, 0.25) is 0 Å². The van der Waals surface area contributed by atoms with Gasteiger partial charge in [-0.3, -0.25) is 0 Å². The molecule has 1 aromatic heterocycles. The third kappa shape index (κ3) is 7.52. The van der Waals surface area contributed by atoms with E-state index in [9.17, 15) is 5.11 Å². The van der Waals surface area contributed by atoms with Gasteiger partial charge in [0.15, 0.2) is 5.96 Å². The van der Waals surface area contributed by atoms with Gasteiger partial charge in [-0.1, -0.05) is 0 Å². The van der Waals surface area contributed by atoms with E-state index < -0.39 is 5.60 Å². The van der Waals surface area contributed by atoms with Gasteiger partial charge in [-0.25, -0.2) is 4.99 Å². The van der Waals surface area contributed by atoms with Crippen molar-refractivity contribution >= 4 is 5.96 Å². The number of likely N-dealkylation sites (N-methyl/N-ethyl adjacent to an activating group) is 1. The van der Waals surface area contributed by atoms with Crippen LogP contribution in [0.25, 0.3) is 0 Å². The molecule has 1 aliphatic heterocycles. The summed E-state index contributed by atoms with van der Waals surface area (Å²) in [5.74, 6) is 2.08. The lowest BCUT2D eigenvalue weighted by Crippen LogP contribution is -2.44. The van der Waals surface area contributed by atoms with Crippen LogP contribution in [0.1, 0.15) is 38.2 Å². The van der Waals surface area contributed by atoms with Crippen LogP contribution in [-0.2, 0) is 5.60 Å². The van der Waals surface area contributed by atoms with Gasteiger partial charge < -0.3 is 30.0 Å². The lowest BCUT2D eigenvalue weighted by Gasteiger charge is -2.32. The zero-order valence-corrected chi connectivity index (χ0v) is 17.4. The monoisotopic (exact) mass is 379 g/mol. The summed E-state index contributed by atoms with van der Waals surface area (Å²) in [5, 5.41) is 17.2. The molecule has 7 nitrogen and oxygen atoms in total. The van der Waals surface area contributed by atoms with Crippen molar-refractivity contribution in [1.29, 1.82) is 0 Å². The average molecular weight is 380 g/mol. The number of piperazine rings is 1. The summed E-state index contributed by atoms with van der Waals surface area (Å²) in [5.41, 5.74) is -1.11. The number of nitrogens with one attached hydrogen (secondary N) is 2. The molecule has 27 heavy (non-hydrogen) atoms. The maximum atomic E-state index is 10.6. The summed E-state index contributed by atoms with van der Waals surface area (Å²) in [6.45, 7) is 13.4. The van der Waals surface area contributed by atoms with Crippen molar-refractivity contribution in [3.8, 4) is 0 Å². The van der Waals surface area contributed by atoms with Gasteiger partial charge >= 0.3 is 0 Å². The first-order valence-electron chi connectivity index (χ1n) is 10.1. The second-order valence-corrected chi connectivity index (χ2v) is 7.66. The van der Waals surface area contributed by atoms with Gasteiger partial charge in [-0.2, -0.15) is 0 Å². The van der Waals surface area contributed by atoms with E-state index in [4.69, 9.17) is 4.42 Å². The van der Waals surface area contributed by atoms with E-state index in [0.717, 1.165) is 37.8 Å². The van der Waals surface area contributed by atoms with Crippen molar-refractivity contribution in [3.63, 3.8) is 0 Å². The quantitative estimate of drug-likeness (QED) is 0.342. The van der Waals surface area contributed by atoms with Crippen molar-refractivity contribution in [3.05, 3.63) is 23.7 Å². The molecule has 2 rings (SSSR count). The molecule has 0 bridgehead atoms. The van der Waals surface area contributed by atoms with E-state index in [1.165, 1.54) is 32.6 Å². The molecule has 0 radical (unpaired) electrons. The van der Waals surface area contributed by atoms with Gasteiger partial charge in [0.05, 0.1) is 6.54 Å². The van der Waals surface area contributed by atoms with Crippen molar-refractivity contribution in [1.82, 2.24) is 20.4 Å². The number of aryl methyl sites for hydroxylation is 1. The minimum absolute atomic E-state index is 0.247. The maximum Gasteiger partial charge on any atom is 0.191 e. The van der Waals surface area contributed by atoms with Gasteiger partial charge in [0.25, 0.3) is 0 Å². The lowest BCUT2D eigenvalue weighted by molar-refractivity contribution is 0.0428. The van der Waals surface area contributed by atoms with Crippen LogP contribution in [0.5, 0.6) is 0 Å². The molecular formula is C20H37N5O2. The number of rotatable bonds is 9. The molecule has 3 N–H and O–H groups in total. The Bertz CT molecular complexity index is 577. The van der Waals surface area contributed by atoms with E-state index in [-0.39, 0.29) is 6.54 Å². The third-order valence-corrected chi connectivity index (χ3v) is 4.95. The van der Waals surface area contributed by atoms with E-state index in [2.05, 4.69) is 32.5 Å². The van der Waals surface area contributed by atoms with Crippen LogP contribution in [0.15, 0.2) is 21.5 Å². The topological polar surface area (TPSA) is 76.3 Å². The third-order valence-electron chi connectivity index (χ3n) is 4.95. The molecule has 7 heteroatoms. The SMILES string of the molecule is CCNC(=NCC(C)(O)c1ccc(C)o1)NCCCCN1CCN(C)CC1. The molecule has 154 valence electrons. The zero-order valence-electron chi connectivity index (χ0n) is 17.4. The minimum atomic E-state index is -1.11. The fourth-order valence-corrected chi connectivity index (χ4v) is 3.12. The molecule has 1 saturated heterocycles. The molecular weight excluding hydrogens is 342 g/mol. The Balaban J connectivity index is 1.71. The predicted molar refractivity (Wildman–Crippen MR) is 110 cm³/mol. The largest absolute Gasteiger partial charge is 0.463 e. The fourth-order valence-electron chi connectivity index (χ4n) is 3.12. The molecule has 1 unspecified atom stereocenters. The highest BCUT2D eigenvalue weighted by molar-refractivity contribution is 5.79. The van der Waals surface area contributed by atoms with Crippen LogP contribution in [-0.4, -0.2) is 80.3 Å². The standard InChI is InChI=1S/C20H37N5O2/c1-5-21-19(23-16-20(3,26)18-9-8-17(2)27-18)22-10-6-7-11-25-14-12-24(4)13-15-25/h8-9,26H,5-7,10-16H2,1-4H3,(H2,21,22,23). The van der Waals surface area contributed by atoms with Gasteiger partial charge in [0, 0.05) is 39.3 Å². The summed E-state index contributed by atoms with van der Waals surface area (Å²) in [6.07, 6.45) is 2.28. The van der Waals surface area contributed by atoms with Crippen LogP contribution < -0.4 is 10.6 Å². The minimum Gasteiger partial charge on any atom is -0.463 e. The van der Waals surface area contributed by atoms with Crippen molar-refractivity contribution in [2.75, 3.05) is 59.4 Å². The molecule has 1 atom stereocenters. The summed E-state index contributed by atoms with van der Waals surface area (Å²) in [6, 6.07) is 3.67. The Morgan fingerprint density at radius 2 is 1.96 bits per heavy atom. The summed E-state index contributed by atoms with van der Waals surface area (Å²) in [7, 11) is 2.19. The normalized spacial score (nSPS) is 19.1. The molecule has 0 aliphatic carbocycles. The Labute approximate surface area is 163 Å². The van der Waals surface area contributed by atoms with Crippen LogP contribution in [0.4, 0.5) is 0 Å². The van der Waals surface area contributed by atoms with Crippen LogP contribution in [0.3, 0.4) is 0 Å². The molecule has 0 amide bonds. The Kier molecular flexibility index (Phi) is 8.60. The molecule has 1 fully saturated rings. The van der Waals surface area contributed by atoms with Gasteiger partial charge in [0.1, 0.15) is 17.1 Å². The number of furan rings is 1. The number of aliphatic imine (C=N–C) groups is 1. The molecule has 2 heterocycles. The summed E-state index contributed by atoms with van der Waals surface area (Å²) < 4.78 is 5.55. The highest BCUT2D eigenvalue weighted by atomic mass is 16.4. The van der Waals surface area contributed by atoms with Crippen molar-refractivity contribution < 1.29 is 9.52 Å². The number of nitrogens with zero attached hydrogens (tertiary/aromatic N) is 3. The molecule has 0 spiro atoms. The highest BCUT2D eigenvalue weighted by Crippen LogP contribution is 2.22. The fraction of sp³-hybridized carbons (Fsp3) is 0.750. The zero-order chi connectivity index (χ0) is 19.7. The first-order valence-corrected chi connectivity index (χ1v) is 10.1. The maximum absolute atomic E-state index is 10.6. The Morgan fingerprint density at radius 3 is 2.59 bits per heavy atom. The first kappa shape index (κ1) is 21.7. The number of guanidine groups is 1. The number of unbranched alkanes of at least 4 members (excludes halogenated alkanes) is 1. The van der Waals surface area contributed by atoms with Gasteiger partial charge in [-0.15, -0.1) is 0 Å². The van der Waals surface area contributed by atoms with Crippen LogP contribution in [0, 0.1) is 6.92 Å². The highest BCUT2D eigenvalue weighted by Gasteiger charge is 2.26. The van der Waals surface area contributed by atoms with Crippen LogP contribution >= 0.6 is 0 Å². The van der Waals surface area contributed by atoms with E-state index in [1.54, 1.807) is 6.92 Å². The van der Waals surface area contributed by atoms with Crippen molar-refractivity contribution in [2.45, 2.75) is 39.2 Å². The number of hydrogen-bond donors (Lipinski definition) is 3. The van der Waals surface area contributed by atoms with Gasteiger partial charge in [-0.05, 0) is 59.3 Å².